The molecule has 17 heavy (non-hydrogen) atoms. The van der Waals surface area contributed by atoms with Crippen LogP contribution in [0.15, 0.2) is 26.4 Å². The number of furan rings is 1. The maximum absolute atomic E-state index is 10.5. The second-order valence-electron chi connectivity index (χ2n) is 3.44. The monoisotopic (exact) mass is 317 g/mol. The molecular formula is C10H8BrNO4S. The Bertz CT molecular complexity index is 543. The molecule has 0 radical (unpaired) electrons. The summed E-state index contributed by atoms with van der Waals surface area (Å²) in [7, 11) is 0. The molecule has 0 spiro atoms. The molecule has 0 saturated heterocycles. The molecule has 0 aliphatic carbocycles. The average molecular weight is 318 g/mol. The number of thiophene rings is 1. The lowest BCUT2D eigenvalue weighted by Crippen LogP contribution is -1.94. The smallest absolute Gasteiger partial charge is 0.403 e. The van der Waals surface area contributed by atoms with Crippen molar-refractivity contribution >= 4 is 33.2 Å². The highest BCUT2D eigenvalue weighted by molar-refractivity contribution is 9.11. The van der Waals surface area contributed by atoms with Crippen LogP contribution in [0.3, 0.4) is 0 Å². The normalized spacial score (nSPS) is 12.6. The van der Waals surface area contributed by atoms with Gasteiger partial charge in [-0.05, 0) is 40.5 Å². The summed E-state index contributed by atoms with van der Waals surface area (Å²) in [6, 6.07) is 4.45. The van der Waals surface area contributed by atoms with Crippen molar-refractivity contribution in [1.29, 1.82) is 0 Å². The van der Waals surface area contributed by atoms with Crippen LogP contribution < -0.4 is 0 Å². The second kappa shape index (κ2) is 4.59. The third-order valence-electron chi connectivity index (χ3n) is 2.21. The minimum atomic E-state index is -0.973. The van der Waals surface area contributed by atoms with Crippen molar-refractivity contribution < 1.29 is 14.4 Å². The van der Waals surface area contributed by atoms with E-state index < -0.39 is 11.0 Å². The number of nitrogens with zero attached hydrogens (tertiary/aromatic N) is 1. The molecule has 2 heterocycles. The van der Waals surface area contributed by atoms with Gasteiger partial charge in [0.15, 0.2) is 0 Å². The van der Waals surface area contributed by atoms with Gasteiger partial charge >= 0.3 is 5.88 Å². The van der Waals surface area contributed by atoms with Gasteiger partial charge in [0.2, 0.25) is 0 Å². The van der Waals surface area contributed by atoms with Crippen LogP contribution in [-0.2, 0) is 0 Å². The number of aryl methyl sites for hydroxylation is 1. The lowest BCUT2D eigenvalue weighted by molar-refractivity contribution is -0.402. The van der Waals surface area contributed by atoms with Gasteiger partial charge < -0.3 is 9.52 Å². The van der Waals surface area contributed by atoms with Gasteiger partial charge in [-0.3, -0.25) is 10.1 Å². The molecular weight excluding hydrogens is 310 g/mol. The fourth-order valence-electron chi connectivity index (χ4n) is 1.35. The van der Waals surface area contributed by atoms with Crippen LogP contribution in [0.25, 0.3) is 0 Å². The van der Waals surface area contributed by atoms with Crippen LogP contribution in [-0.4, -0.2) is 10.0 Å². The number of aliphatic hydroxyl groups excluding tert-OH is 1. The molecule has 5 nitrogen and oxygen atoms in total. The van der Waals surface area contributed by atoms with Crippen LogP contribution in [0.1, 0.15) is 22.3 Å². The van der Waals surface area contributed by atoms with Gasteiger partial charge in [-0.1, -0.05) is 0 Å². The summed E-state index contributed by atoms with van der Waals surface area (Å²) in [6.45, 7) is 1.90. The van der Waals surface area contributed by atoms with E-state index in [9.17, 15) is 15.2 Å². The van der Waals surface area contributed by atoms with Crippen LogP contribution in [0, 0.1) is 17.0 Å². The maximum Gasteiger partial charge on any atom is 0.433 e. The zero-order chi connectivity index (χ0) is 12.6. The highest BCUT2D eigenvalue weighted by atomic mass is 79.9. The van der Waals surface area contributed by atoms with E-state index in [1.165, 1.54) is 23.5 Å². The van der Waals surface area contributed by atoms with E-state index in [1.807, 2.05) is 13.0 Å². The Morgan fingerprint density at radius 1 is 1.59 bits per heavy atom. The zero-order valence-electron chi connectivity index (χ0n) is 8.71. The number of nitro groups is 1. The fraction of sp³-hybridized carbons (Fsp3) is 0.200. The van der Waals surface area contributed by atoms with Crippen molar-refractivity contribution in [2.75, 3.05) is 0 Å². The standard InChI is InChI=1S/C10H8BrNO4S/c1-5-4-7(17-10(5)11)9(13)6-2-3-8(16-6)12(14)15/h2-4,9,13H,1H3. The predicted octanol–water partition coefficient (Wildman–Crippen LogP) is 3.40. The summed E-state index contributed by atoms with van der Waals surface area (Å²) < 4.78 is 5.88. The van der Waals surface area contributed by atoms with Crippen molar-refractivity contribution in [1.82, 2.24) is 0 Å². The topological polar surface area (TPSA) is 76.5 Å². The van der Waals surface area contributed by atoms with Crippen LogP contribution in [0.2, 0.25) is 0 Å². The maximum atomic E-state index is 10.5. The quantitative estimate of drug-likeness (QED) is 0.695. The molecule has 2 aromatic rings. The van der Waals surface area contributed by atoms with Gasteiger partial charge in [0, 0.05) is 4.88 Å². The Kier molecular flexibility index (Phi) is 3.32. The molecule has 0 aromatic carbocycles. The van der Waals surface area contributed by atoms with Crippen LogP contribution in [0.5, 0.6) is 0 Å². The molecule has 1 unspecified atom stereocenters. The Morgan fingerprint density at radius 2 is 2.29 bits per heavy atom. The molecule has 0 fully saturated rings. The molecule has 2 rings (SSSR count). The molecule has 7 heteroatoms. The minimum Gasteiger partial charge on any atom is -0.403 e. The first kappa shape index (κ1) is 12.3. The van der Waals surface area contributed by atoms with Gasteiger partial charge in [-0.15, -0.1) is 11.3 Å². The Balaban J connectivity index is 2.30. The Hall–Kier alpha value is -1.18. The van der Waals surface area contributed by atoms with Gasteiger partial charge in [-0.25, -0.2) is 0 Å². The first-order valence-corrected chi connectivity index (χ1v) is 6.28. The molecule has 1 atom stereocenters. The van der Waals surface area contributed by atoms with Crippen molar-refractivity contribution in [2.24, 2.45) is 0 Å². The zero-order valence-corrected chi connectivity index (χ0v) is 11.1. The summed E-state index contributed by atoms with van der Waals surface area (Å²) in [4.78, 5) is 10.5. The second-order valence-corrected chi connectivity index (χ2v) is 5.84. The summed E-state index contributed by atoms with van der Waals surface area (Å²) in [5.41, 5.74) is 1.00. The minimum absolute atomic E-state index is 0.172. The Morgan fingerprint density at radius 3 is 2.76 bits per heavy atom. The van der Waals surface area contributed by atoms with Crippen molar-refractivity contribution in [3.8, 4) is 0 Å². The molecule has 0 amide bonds. The third-order valence-corrected chi connectivity index (χ3v) is 4.40. The molecule has 2 aromatic heterocycles. The van der Waals surface area contributed by atoms with Gasteiger partial charge in [0.1, 0.15) is 16.8 Å². The molecule has 0 saturated carbocycles. The largest absolute Gasteiger partial charge is 0.433 e. The average Bonchev–Trinajstić information content (AvgIpc) is 2.86. The van der Waals surface area contributed by atoms with Gasteiger partial charge in [-0.2, -0.15) is 0 Å². The van der Waals surface area contributed by atoms with E-state index in [4.69, 9.17) is 4.42 Å². The molecule has 0 bridgehead atoms. The van der Waals surface area contributed by atoms with Crippen molar-refractivity contribution in [2.45, 2.75) is 13.0 Å². The SMILES string of the molecule is Cc1cc(C(O)c2ccc([N+](=O)[O-])o2)sc1Br. The molecule has 0 aliphatic heterocycles. The van der Waals surface area contributed by atoms with Crippen LogP contribution >= 0.6 is 27.3 Å². The fourth-order valence-corrected chi connectivity index (χ4v) is 2.91. The first-order valence-electron chi connectivity index (χ1n) is 4.67. The van der Waals surface area contributed by atoms with Crippen molar-refractivity contribution in [3.05, 3.63) is 48.3 Å². The van der Waals surface area contributed by atoms with E-state index >= 15 is 0 Å². The summed E-state index contributed by atoms with van der Waals surface area (Å²) in [5, 5.41) is 20.5. The van der Waals surface area contributed by atoms with E-state index in [2.05, 4.69) is 15.9 Å². The number of hydrogen-bond acceptors (Lipinski definition) is 5. The first-order chi connectivity index (χ1) is 7.99. The number of hydrogen-bond donors (Lipinski definition) is 1. The third kappa shape index (κ3) is 2.41. The number of rotatable bonds is 3. The van der Waals surface area contributed by atoms with E-state index in [0.717, 1.165) is 9.35 Å². The van der Waals surface area contributed by atoms with E-state index in [0.29, 0.717) is 4.88 Å². The van der Waals surface area contributed by atoms with E-state index in [1.54, 1.807) is 0 Å². The van der Waals surface area contributed by atoms with Crippen LogP contribution in [0.4, 0.5) is 5.88 Å². The predicted molar refractivity (Wildman–Crippen MR) is 66.2 cm³/mol. The van der Waals surface area contributed by atoms with Gasteiger partial charge in [0.25, 0.3) is 0 Å². The van der Waals surface area contributed by atoms with E-state index in [-0.39, 0.29) is 11.6 Å². The lowest BCUT2D eigenvalue weighted by atomic mass is 10.2. The number of halogens is 1. The summed E-state index contributed by atoms with van der Waals surface area (Å²) in [5.74, 6) is -0.197. The Labute approximate surface area is 109 Å². The lowest BCUT2D eigenvalue weighted by Gasteiger charge is -2.02. The highest BCUT2D eigenvalue weighted by Gasteiger charge is 2.21. The van der Waals surface area contributed by atoms with Gasteiger partial charge in [0.05, 0.1) is 9.85 Å². The van der Waals surface area contributed by atoms with Crippen molar-refractivity contribution in [3.63, 3.8) is 0 Å². The molecule has 90 valence electrons. The number of aliphatic hydroxyl groups is 1. The molecule has 0 aliphatic rings. The summed E-state index contributed by atoms with van der Waals surface area (Å²) in [6.07, 6.45) is -0.973. The summed E-state index contributed by atoms with van der Waals surface area (Å²) >= 11 is 4.73. The highest BCUT2D eigenvalue weighted by Crippen LogP contribution is 2.35. The molecule has 1 N–H and O–H groups in total.